The molecule has 2 N–H and O–H groups in total. The Morgan fingerprint density at radius 1 is 1.14 bits per heavy atom. The Morgan fingerprint density at radius 3 is 2.45 bits per heavy atom. The minimum atomic E-state index is 0.0627. The molecule has 22 heavy (non-hydrogen) atoms. The van der Waals surface area contributed by atoms with Crippen LogP contribution in [0, 0.1) is 11.3 Å². The second-order valence-electron chi connectivity index (χ2n) is 8.69. The highest BCUT2D eigenvalue weighted by Crippen LogP contribution is 2.59. The summed E-state index contributed by atoms with van der Waals surface area (Å²) in [5, 5.41) is 20.6. The lowest BCUT2D eigenvalue weighted by molar-refractivity contribution is 0.0403. The van der Waals surface area contributed by atoms with E-state index in [2.05, 4.69) is 34.6 Å². The molecule has 2 heteroatoms. The van der Waals surface area contributed by atoms with Gasteiger partial charge in [-0.05, 0) is 65.5 Å². The summed E-state index contributed by atoms with van der Waals surface area (Å²) in [6.07, 6.45) is 5.96. The number of phenols is 2. The molecule has 0 unspecified atom stereocenters. The van der Waals surface area contributed by atoms with Gasteiger partial charge in [0.2, 0.25) is 0 Å². The van der Waals surface area contributed by atoms with E-state index in [9.17, 15) is 10.2 Å². The maximum atomic E-state index is 10.4. The summed E-state index contributed by atoms with van der Waals surface area (Å²) < 4.78 is 0. The summed E-state index contributed by atoms with van der Waals surface area (Å²) in [4.78, 5) is 0. The quantitative estimate of drug-likeness (QED) is 0.695. The maximum absolute atomic E-state index is 10.4. The molecule has 2 atom stereocenters. The van der Waals surface area contributed by atoms with Crippen molar-refractivity contribution in [1.29, 1.82) is 0 Å². The van der Waals surface area contributed by atoms with Gasteiger partial charge >= 0.3 is 0 Å². The molecule has 0 saturated heterocycles. The van der Waals surface area contributed by atoms with Gasteiger partial charge in [-0.2, -0.15) is 0 Å². The zero-order valence-corrected chi connectivity index (χ0v) is 14.7. The molecule has 0 aliphatic heterocycles. The lowest BCUT2D eigenvalue weighted by Gasteiger charge is -2.54. The van der Waals surface area contributed by atoms with Crippen LogP contribution in [-0.4, -0.2) is 10.2 Å². The summed E-state index contributed by atoms with van der Waals surface area (Å²) in [6, 6.07) is 1.87. The SMILES string of the molecule is CC(C)c1c(O)c(O)cc2c1CC[C@@H]1C(C)(C)CCC[C@]21C. The van der Waals surface area contributed by atoms with Crippen LogP contribution in [0.15, 0.2) is 6.07 Å². The Labute approximate surface area is 134 Å². The predicted molar refractivity (Wildman–Crippen MR) is 90.7 cm³/mol. The van der Waals surface area contributed by atoms with Crippen molar-refractivity contribution in [3.8, 4) is 11.5 Å². The molecule has 0 amide bonds. The molecule has 1 aromatic carbocycles. The minimum absolute atomic E-state index is 0.0627. The number of fused-ring (bicyclic) bond motifs is 3. The van der Waals surface area contributed by atoms with Crippen LogP contribution < -0.4 is 0 Å². The Balaban J connectivity index is 2.23. The molecule has 2 aliphatic carbocycles. The zero-order chi connectivity index (χ0) is 16.3. The molecule has 0 heterocycles. The highest BCUT2D eigenvalue weighted by molar-refractivity contribution is 5.57. The highest BCUT2D eigenvalue weighted by Gasteiger charge is 2.50. The van der Waals surface area contributed by atoms with Gasteiger partial charge in [0.05, 0.1) is 0 Å². The van der Waals surface area contributed by atoms with Gasteiger partial charge in [-0.3, -0.25) is 0 Å². The molecule has 0 bridgehead atoms. The van der Waals surface area contributed by atoms with E-state index in [1.54, 1.807) is 0 Å². The van der Waals surface area contributed by atoms with Crippen molar-refractivity contribution in [2.75, 3.05) is 0 Å². The molecule has 0 aromatic heterocycles. The summed E-state index contributed by atoms with van der Waals surface area (Å²) >= 11 is 0. The summed E-state index contributed by atoms with van der Waals surface area (Å²) in [6.45, 7) is 11.4. The number of phenolic OH excluding ortho intramolecular Hbond substituents is 2. The summed E-state index contributed by atoms with van der Waals surface area (Å²) in [7, 11) is 0. The van der Waals surface area contributed by atoms with E-state index in [0.29, 0.717) is 11.3 Å². The maximum Gasteiger partial charge on any atom is 0.161 e. The van der Waals surface area contributed by atoms with Crippen LogP contribution in [0.3, 0.4) is 0 Å². The number of hydrogen-bond acceptors (Lipinski definition) is 2. The van der Waals surface area contributed by atoms with Gasteiger partial charge < -0.3 is 10.2 Å². The smallest absolute Gasteiger partial charge is 0.161 e. The lowest BCUT2D eigenvalue weighted by Crippen LogP contribution is -2.48. The number of benzene rings is 1. The van der Waals surface area contributed by atoms with Gasteiger partial charge in [-0.15, -0.1) is 0 Å². The van der Waals surface area contributed by atoms with Gasteiger partial charge in [0.25, 0.3) is 0 Å². The van der Waals surface area contributed by atoms with Crippen molar-refractivity contribution in [3.05, 3.63) is 22.8 Å². The molecule has 3 rings (SSSR count). The second-order valence-corrected chi connectivity index (χ2v) is 8.69. The van der Waals surface area contributed by atoms with Crippen LogP contribution >= 0.6 is 0 Å². The second kappa shape index (κ2) is 4.91. The third-order valence-corrected chi connectivity index (χ3v) is 6.53. The average Bonchev–Trinajstić information content (AvgIpc) is 2.39. The Hall–Kier alpha value is -1.18. The predicted octanol–water partition coefficient (Wildman–Crippen LogP) is 5.25. The van der Waals surface area contributed by atoms with Gasteiger partial charge in [0.15, 0.2) is 11.5 Å². The van der Waals surface area contributed by atoms with E-state index in [4.69, 9.17) is 0 Å². The highest BCUT2D eigenvalue weighted by atomic mass is 16.3. The largest absolute Gasteiger partial charge is 0.504 e. The topological polar surface area (TPSA) is 40.5 Å². The van der Waals surface area contributed by atoms with E-state index in [1.165, 1.54) is 36.8 Å². The number of aromatic hydroxyl groups is 2. The van der Waals surface area contributed by atoms with Crippen molar-refractivity contribution in [2.45, 2.75) is 78.1 Å². The number of hydrogen-bond donors (Lipinski definition) is 2. The number of rotatable bonds is 1. The Morgan fingerprint density at radius 2 is 1.82 bits per heavy atom. The van der Waals surface area contributed by atoms with Crippen LogP contribution in [-0.2, 0) is 11.8 Å². The molecule has 1 saturated carbocycles. The van der Waals surface area contributed by atoms with Crippen molar-refractivity contribution < 1.29 is 10.2 Å². The molecule has 2 nitrogen and oxygen atoms in total. The molecule has 122 valence electrons. The van der Waals surface area contributed by atoms with Crippen LogP contribution in [0.2, 0.25) is 0 Å². The fourth-order valence-electron chi connectivity index (χ4n) is 5.56. The standard InChI is InChI=1S/C20H30O2/c1-12(2)17-13-7-8-16-19(3,4)9-6-10-20(16,5)14(13)11-15(21)18(17)22/h11-12,16,21-22H,6-10H2,1-5H3/t16-,20-/m1/s1. The van der Waals surface area contributed by atoms with Crippen molar-refractivity contribution in [3.63, 3.8) is 0 Å². The van der Waals surface area contributed by atoms with Crippen molar-refractivity contribution in [1.82, 2.24) is 0 Å². The van der Waals surface area contributed by atoms with Crippen LogP contribution in [0.25, 0.3) is 0 Å². The fourth-order valence-corrected chi connectivity index (χ4v) is 5.56. The van der Waals surface area contributed by atoms with Crippen molar-refractivity contribution in [2.24, 2.45) is 11.3 Å². The first-order valence-electron chi connectivity index (χ1n) is 8.76. The Kier molecular flexibility index (Phi) is 3.50. The van der Waals surface area contributed by atoms with Crippen LogP contribution in [0.4, 0.5) is 0 Å². The third kappa shape index (κ3) is 2.06. The van der Waals surface area contributed by atoms with Gasteiger partial charge in [-0.1, -0.05) is 41.0 Å². The van der Waals surface area contributed by atoms with Gasteiger partial charge in [-0.25, -0.2) is 0 Å². The molecule has 1 aromatic rings. The van der Waals surface area contributed by atoms with Gasteiger partial charge in [0, 0.05) is 5.56 Å². The fraction of sp³-hybridized carbons (Fsp3) is 0.700. The first kappa shape index (κ1) is 15.7. The van der Waals surface area contributed by atoms with Gasteiger partial charge in [0.1, 0.15) is 0 Å². The molecule has 2 aliphatic rings. The first-order valence-corrected chi connectivity index (χ1v) is 8.76. The molecular formula is C20H30O2. The van der Waals surface area contributed by atoms with E-state index in [0.717, 1.165) is 12.0 Å². The normalized spacial score (nSPS) is 30.0. The molecular weight excluding hydrogens is 272 g/mol. The van der Waals surface area contributed by atoms with E-state index in [-0.39, 0.29) is 22.8 Å². The van der Waals surface area contributed by atoms with Crippen LogP contribution in [0.1, 0.15) is 82.9 Å². The van der Waals surface area contributed by atoms with E-state index < -0.39 is 0 Å². The molecule has 0 spiro atoms. The minimum Gasteiger partial charge on any atom is -0.504 e. The summed E-state index contributed by atoms with van der Waals surface area (Å²) in [5.74, 6) is 1.06. The molecule has 1 fully saturated rings. The Bertz CT molecular complexity index is 600. The summed E-state index contributed by atoms with van der Waals surface area (Å²) in [5.41, 5.74) is 4.07. The van der Waals surface area contributed by atoms with Crippen LogP contribution in [0.5, 0.6) is 11.5 Å². The van der Waals surface area contributed by atoms with E-state index >= 15 is 0 Å². The molecule has 0 radical (unpaired) electrons. The van der Waals surface area contributed by atoms with Crippen molar-refractivity contribution >= 4 is 0 Å². The monoisotopic (exact) mass is 302 g/mol. The van der Waals surface area contributed by atoms with E-state index in [1.807, 2.05) is 6.07 Å². The zero-order valence-electron chi connectivity index (χ0n) is 14.7. The average molecular weight is 302 g/mol. The lowest BCUT2D eigenvalue weighted by atomic mass is 9.50. The first-order chi connectivity index (χ1) is 10.2. The third-order valence-electron chi connectivity index (χ3n) is 6.53.